The summed E-state index contributed by atoms with van der Waals surface area (Å²) in [7, 11) is 0. The maximum absolute atomic E-state index is 13.6. The van der Waals surface area contributed by atoms with Crippen LogP contribution >= 0.6 is 24.0 Å². The summed E-state index contributed by atoms with van der Waals surface area (Å²) in [6.45, 7) is 9.83. The quantitative estimate of drug-likeness (QED) is 0.443. The Kier molecular flexibility index (Phi) is 7.46. The minimum atomic E-state index is -0.344. The molecule has 2 amide bonds. The summed E-state index contributed by atoms with van der Waals surface area (Å²) < 4.78 is 7.12. The van der Waals surface area contributed by atoms with Crippen LogP contribution in [0.1, 0.15) is 38.3 Å². The van der Waals surface area contributed by atoms with Gasteiger partial charge in [0.1, 0.15) is 15.8 Å². The molecule has 1 unspecified atom stereocenters. The number of hydrogen-bond acceptors (Lipinski definition) is 8. The van der Waals surface area contributed by atoms with E-state index in [9.17, 15) is 14.4 Å². The molecule has 2 aromatic rings. The molecule has 4 heterocycles. The Morgan fingerprint density at radius 3 is 2.63 bits per heavy atom. The van der Waals surface area contributed by atoms with Crippen LogP contribution in [0, 0.1) is 6.92 Å². The summed E-state index contributed by atoms with van der Waals surface area (Å²) in [6, 6.07) is 3.68. The average Bonchev–Trinajstić information content (AvgIpc) is 3.13. The van der Waals surface area contributed by atoms with Crippen LogP contribution in [0.15, 0.2) is 28.0 Å². The minimum absolute atomic E-state index is 0.0256. The number of carbonyl (C=O) groups is 2. The van der Waals surface area contributed by atoms with E-state index < -0.39 is 0 Å². The molecule has 0 spiro atoms. The monoisotopic (exact) mass is 515 g/mol. The highest BCUT2D eigenvalue weighted by Gasteiger charge is 2.35. The number of aryl methyl sites for hydroxylation is 1. The van der Waals surface area contributed by atoms with Crippen molar-refractivity contribution >= 4 is 57.8 Å². The third-order valence-corrected chi connectivity index (χ3v) is 7.63. The van der Waals surface area contributed by atoms with Gasteiger partial charge in [0.2, 0.25) is 0 Å². The number of thioether (sulfide) groups is 1. The number of pyridine rings is 1. The number of thiocarbonyl (C=S) groups is 1. The van der Waals surface area contributed by atoms with Gasteiger partial charge in [-0.05, 0) is 44.9 Å². The van der Waals surface area contributed by atoms with Crippen molar-refractivity contribution in [1.29, 1.82) is 0 Å². The first-order chi connectivity index (χ1) is 16.8. The Labute approximate surface area is 213 Å². The van der Waals surface area contributed by atoms with Crippen LogP contribution in [0.25, 0.3) is 11.7 Å². The van der Waals surface area contributed by atoms with Gasteiger partial charge in [-0.2, -0.15) is 0 Å². The van der Waals surface area contributed by atoms with Gasteiger partial charge in [0.15, 0.2) is 0 Å². The Bertz CT molecular complexity index is 1270. The number of carbonyl (C=O) groups excluding carboxylic acids is 2. The van der Waals surface area contributed by atoms with E-state index in [1.165, 1.54) is 16.2 Å². The second-order valence-corrected chi connectivity index (χ2v) is 10.2. The zero-order valence-electron chi connectivity index (χ0n) is 20.3. The van der Waals surface area contributed by atoms with Crippen molar-refractivity contribution in [2.45, 2.75) is 40.2 Å². The highest BCUT2D eigenvalue weighted by molar-refractivity contribution is 8.26. The zero-order valence-corrected chi connectivity index (χ0v) is 21.9. The molecule has 2 saturated heterocycles. The number of ether oxygens (including phenoxy) is 1. The molecule has 35 heavy (non-hydrogen) atoms. The highest BCUT2D eigenvalue weighted by atomic mass is 32.2. The fraction of sp³-hybridized carbons (Fsp3) is 0.458. The summed E-state index contributed by atoms with van der Waals surface area (Å²) in [6.07, 6.45) is 3.74. The van der Waals surface area contributed by atoms with Crippen molar-refractivity contribution in [2.75, 3.05) is 37.7 Å². The van der Waals surface area contributed by atoms with Crippen molar-refractivity contribution in [2.24, 2.45) is 0 Å². The molecule has 2 aliphatic rings. The third kappa shape index (κ3) is 4.79. The average molecular weight is 516 g/mol. The summed E-state index contributed by atoms with van der Waals surface area (Å²) in [5.41, 5.74) is 1.51. The van der Waals surface area contributed by atoms with E-state index >= 15 is 0 Å². The molecule has 2 aliphatic heterocycles. The van der Waals surface area contributed by atoms with E-state index in [-0.39, 0.29) is 23.6 Å². The van der Waals surface area contributed by atoms with Gasteiger partial charge in [0.05, 0.1) is 17.1 Å². The molecule has 0 aliphatic carbocycles. The Hall–Kier alpha value is -2.92. The SMILES string of the molecule is CCOC(=O)N1CCN(c2nc3c(C)cccn3c(=O)c2C=C2SC(=S)N(C(C)CC)C2=O)CC1. The van der Waals surface area contributed by atoms with Crippen LogP contribution < -0.4 is 10.5 Å². The van der Waals surface area contributed by atoms with E-state index in [1.807, 2.05) is 31.7 Å². The Balaban J connectivity index is 1.77. The molecule has 9 nitrogen and oxygen atoms in total. The fourth-order valence-corrected chi connectivity index (χ4v) is 5.60. The number of anilines is 1. The van der Waals surface area contributed by atoms with Crippen molar-refractivity contribution in [3.63, 3.8) is 0 Å². The maximum Gasteiger partial charge on any atom is 0.409 e. The first-order valence-corrected chi connectivity index (χ1v) is 12.9. The van der Waals surface area contributed by atoms with Gasteiger partial charge in [-0.1, -0.05) is 37.0 Å². The fourth-order valence-electron chi connectivity index (χ4n) is 4.16. The van der Waals surface area contributed by atoms with Crippen molar-refractivity contribution in [1.82, 2.24) is 19.2 Å². The van der Waals surface area contributed by atoms with Gasteiger partial charge in [-0.3, -0.25) is 18.9 Å². The molecule has 0 bridgehead atoms. The topological polar surface area (TPSA) is 87.5 Å². The summed E-state index contributed by atoms with van der Waals surface area (Å²) in [5, 5.41) is 0. The lowest BCUT2D eigenvalue weighted by molar-refractivity contribution is -0.123. The summed E-state index contributed by atoms with van der Waals surface area (Å²) >= 11 is 6.67. The van der Waals surface area contributed by atoms with E-state index in [0.717, 1.165) is 12.0 Å². The van der Waals surface area contributed by atoms with E-state index in [4.69, 9.17) is 21.9 Å². The molecule has 2 aromatic heterocycles. The first-order valence-electron chi connectivity index (χ1n) is 11.7. The number of aromatic nitrogens is 2. The number of amides is 2. The number of rotatable bonds is 5. The molecule has 11 heteroatoms. The largest absolute Gasteiger partial charge is 0.450 e. The molecule has 2 fully saturated rings. The number of hydrogen-bond donors (Lipinski definition) is 0. The lowest BCUT2D eigenvalue weighted by atomic mass is 10.2. The Morgan fingerprint density at radius 1 is 1.26 bits per heavy atom. The normalized spacial score (nSPS) is 18.6. The van der Waals surface area contributed by atoms with Gasteiger partial charge in [0, 0.05) is 38.4 Å². The molecule has 4 rings (SSSR count). The number of piperazine rings is 1. The van der Waals surface area contributed by atoms with Crippen molar-refractivity contribution in [3.05, 3.63) is 44.7 Å². The van der Waals surface area contributed by atoms with Crippen molar-refractivity contribution in [3.8, 4) is 0 Å². The maximum atomic E-state index is 13.6. The summed E-state index contributed by atoms with van der Waals surface area (Å²) in [4.78, 5) is 49.5. The van der Waals surface area contributed by atoms with Crippen LogP contribution in [0.2, 0.25) is 0 Å². The second kappa shape index (κ2) is 10.4. The lowest BCUT2D eigenvalue weighted by Crippen LogP contribution is -2.49. The second-order valence-electron chi connectivity index (χ2n) is 8.52. The highest BCUT2D eigenvalue weighted by Crippen LogP contribution is 2.35. The van der Waals surface area contributed by atoms with E-state index in [0.29, 0.717) is 59.0 Å². The molecular formula is C24H29N5O4S2. The van der Waals surface area contributed by atoms with E-state index in [1.54, 1.807) is 35.1 Å². The first kappa shape index (κ1) is 25.2. The number of nitrogens with zero attached hydrogens (tertiary/aromatic N) is 5. The van der Waals surface area contributed by atoms with Gasteiger partial charge in [-0.15, -0.1) is 0 Å². The standard InChI is InChI=1S/C24H29N5O4S2/c1-5-16(4)29-22(31)18(35-24(29)34)14-17-20(25-19-15(3)8-7-9-28(19)21(17)30)26-10-12-27(13-11-26)23(32)33-6-2/h7-9,14,16H,5-6,10-13H2,1-4H3. The molecule has 0 saturated carbocycles. The van der Waals surface area contributed by atoms with Crippen LogP contribution in [0.3, 0.4) is 0 Å². The van der Waals surface area contributed by atoms with Gasteiger partial charge in [0.25, 0.3) is 11.5 Å². The Morgan fingerprint density at radius 2 is 1.97 bits per heavy atom. The van der Waals surface area contributed by atoms with E-state index in [2.05, 4.69) is 0 Å². The van der Waals surface area contributed by atoms with Gasteiger partial charge in [-0.25, -0.2) is 9.78 Å². The van der Waals surface area contributed by atoms with Crippen LogP contribution in [0.4, 0.5) is 10.6 Å². The molecule has 186 valence electrons. The number of fused-ring (bicyclic) bond motifs is 1. The minimum Gasteiger partial charge on any atom is -0.450 e. The smallest absolute Gasteiger partial charge is 0.409 e. The van der Waals surface area contributed by atoms with Crippen LogP contribution in [-0.2, 0) is 9.53 Å². The summed E-state index contributed by atoms with van der Waals surface area (Å²) in [5.74, 6) is 0.308. The predicted molar refractivity (Wildman–Crippen MR) is 142 cm³/mol. The van der Waals surface area contributed by atoms with Gasteiger partial charge < -0.3 is 14.5 Å². The molecule has 0 N–H and O–H groups in total. The molecule has 1 atom stereocenters. The zero-order chi connectivity index (χ0) is 25.3. The van der Waals surface area contributed by atoms with Crippen LogP contribution in [0.5, 0.6) is 0 Å². The predicted octanol–water partition coefficient (Wildman–Crippen LogP) is 3.28. The molecular weight excluding hydrogens is 486 g/mol. The van der Waals surface area contributed by atoms with Crippen molar-refractivity contribution < 1.29 is 14.3 Å². The van der Waals surface area contributed by atoms with Crippen LogP contribution in [-0.4, -0.2) is 74.3 Å². The lowest BCUT2D eigenvalue weighted by Gasteiger charge is -2.35. The molecule has 0 radical (unpaired) electrons. The van der Waals surface area contributed by atoms with Gasteiger partial charge >= 0.3 is 6.09 Å². The third-order valence-electron chi connectivity index (χ3n) is 6.30. The molecule has 0 aromatic carbocycles.